The van der Waals surface area contributed by atoms with Crippen LogP contribution in [0.4, 0.5) is 15.9 Å². The van der Waals surface area contributed by atoms with Gasteiger partial charge in [0.05, 0.1) is 4.92 Å². The molecule has 2 rings (SSSR count). The molecule has 2 aromatic rings. The highest BCUT2D eigenvalue weighted by molar-refractivity contribution is 5.48. The Morgan fingerprint density at radius 3 is 2.84 bits per heavy atom. The predicted molar refractivity (Wildman–Crippen MR) is 64.7 cm³/mol. The molecule has 0 spiro atoms. The largest absolute Gasteiger partial charge is 0.431 e. The smallest absolute Gasteiger partial charge is 0.311 e. The summed E-state index contributed by atoms with van der Waals surface area (Å²) in [5, 5.41) is 13.6. The fourth-order valence-corrected chi connectivity index (χ4v) is 1.37. The van der Waals surface area contributed by atoms with Crippen molar-refractivity contribution in [2.45, 2.75) is 0 Å². The number of halogens is 1. The summed E-state index contributed by atoms with van der Waals surface area (Å²) in [6.07, 6.45) is 1.23. The molecule has 0 radical (unpaired) electrons. The first kappa shape index (κ1) is 12.7. The first-order valence-corrected chi connectivity index (χ1v) is 5.21. The predicted octanol–water partition coefficient (Wildman–Crippen LogP) is 2.36. The summed E-state index contributed by atoms with van der Waals surface area (Å²) < 4.78 is 18.3. The summed E-state index contributed by atoms with van der Waals surface area (Å²) in [5.41, 5.74) is -0.342. The third-order valence-corrected chi connectivity index (χ3v) is 2.23. The van der Waals surface area contributed by atoms with Gasteiger partial charge in [0.25, 0.3) is 0 Å². The zero-order chi connectivity index (χ0) is 13.8. The Morgan fingerprint density at radius 1 is 1.37 bits per heavy atom. The quantitative estimate of drug-likeness (QED) is 0.673. The van der Waals surface area contributed by atoms with Crippen LogP contribution >= 0.6 is 0 Å². The molecule has 1 heterocycles. The van der Waals surface area contributed by atoms with E-state index < -0.39 is 10.7 Å². The topological polar surface area (TPSA) is 90.2 Å². The van der Waals surface area contributed by atoms with E-state index >= 15 is 0 Å². The van der Waals surface area contributed by atoms with Crippen LogP contribution in [0.1, 0.15) is 0 Å². The van der Waals surface area contributed by atoms with E-state index in [1.165, 1.54) is 12.4 Å². The zero-order valence-electron chi connectivity index (χ0n) is 9.83. The first-order chi connectivity index (χ1) is 9.10. The highest BCUT2D eigenvalue weighted by Crippen LogP contribution is 2.31. The molecule has 0 aliphatic rings. The highest BCUT2D eigenvalue weighted by Gasteiger charge is 2.17. The number of nitrogens with one attached hydrogen (secondary N) is 1. The molecular formula is C11H9FN4O3. The maximum Gasteiger partial charge on any atom is 0.311 e. The van der Waals surface area contributed by atoms with Crippen LogP contribution in [0.25, 0.3) is 0 Å². The lowest BCUT2D eigenvalue weighted by Gasteiger charge is -2.06. The van der Waals surface area contributed by atoms with Gasteiger partial charge in [0.2, 0.25) is 11.6 Å². The Labute approximate surface area is 107 Å². The first-order valence-electron chi connectivity index (χ1n) is 5.21. The Bertz CT molecular complexity index is 621. The summed E-state index contributed by atoms with van der Waals surface area (Å²) in [4.78, 5) is 17.8. The summed E-state index contributed by atoms with van der Waals surface area (Å²) in [5.74, 6) is -0.300. The Kier molecular flexibility index (Phi) is 3.51. The molecule has 0 fully saturated rings. The van der Waals surface area contributed by atoms with E-state index in [1.807, 2.05) is 0 Å². The summed E-state index contributed by atoms with van der Waals surface area (Å²) in [7, 11) is 1.65. The standard InChI is InChI=1S/C11H9FN4O3/c1-13-10-5-11(15-6-14-10)19-9-4-7(12)2-3-8(9)16(17)18/h2-6H,1H3,(H,13,14,15). The average molecular weight is 264 g/mol. The highest BCUT2D eigenvalue weighted by atomic mass is 19.1. The van der Waals surface area contributed by atoms with Crippen molar-refractivity contribution < 1.29 is 14.1 Å². The van der Waals surface area contributed by atoms with Crippen LogP contribution in [-0.4, -0.2) is 21.9 Å². The van der Waals surface area contributed by atoms with Gasteiger partial charge < -0.3 is 10.1 Å². The Morgan fingerprint density at radius 2 is 2.16 bits per heavy atom. The van der Waals surface area contributed by atoms with Gasteiger partial charge in [-0.15, -0.1) is 0 Å². The second-order valence-corrected chi connectivity index (χ2v) is 3.46. The lowest BCUT2D eigenvalue weighted by Crippen LogP contribution is -1.97. The van der Waals surface area contributed by atoms with Crippen LogP contribution in [0, 0.1) is 15.9 Å². The summed E-state index contributed by atoms with van der Waals surface area (Å²) >= 11 is 0. The third kappa shape index (κ3) is 2.92. The monoisotopic (exact) mass is 264 g/mol. The van der Waals surface area contributed by atoms with Crippen LogP contribution in [-0.2, 0) is 0 Å². The molecule has 0 unspecified atom stereocenters. The SMILES string of the molecule is CNc1cc(Oc2cc(F)ccc2[N+](=O)[O-])ncn1. The number of rotatable bonds is 4. The van der Waals surface area contributed by atoms with E-state index in [0.29, 0.717) is 5.82 Å². The van der Waals surface area contributed by atoms with Gasteiger partial charge in [-0.05, 0) is 6.07 Å². The van der Waals surface area contributed by atoms with Gasteiger partial charge in [-0.1, -0.05) is 0 Å². The van der Waals surface area contributed by atoms with Gasteiger partial charge in [-0.3, -0.25) is 10.1 Å². The normalized spacial score (nSPS) is 10.0. The van der Waals surface area contributed by atoms with Gasteiger partial charge in [0.1, 0.15) is 18.0 Å². The Hall–Kier alpha value is -2.77. The molecule has 1 N–H and O–H groups in total. The van der Waals surface area contributed by atoms with E-state index in [1.54, 1.807) is 7.05 Å². The number of benzene rings is 1. The lowest BCUT2D eigenvalue weighted by atomic mass is 10.3. The van der Waals surface area contributed by atoms with Crippen molar-refractivity contribution >= 4 is 11.5 Å². The van der Waals surface area contributed by atoms with E-state index in [0.717, 1.165) is 18.2 Å². The van der Waals surface area contributed by atoms with Crippen molar-refractivity contribution in [1.29, 1.82) is 0 Å². The molecule has 19 heavy (non-hydrogen) atoms. The Balaban J connectivity index is 2.36. The fraction of sp³-hybridized carbons (Fsp3) is 0.0909. The number of nitrogens with zero attached hydrogens (tertiary/aromatic N) is 3. The minimum absolute atomic E-state index is 0.0769. The van der Waals surface area contributed by atoms with E-state index in [9.17, 15) is 14.5 Å². The lowest BCUT2D eigenvalue weighted by molar-refractivity contribution is -0.385. The fourth-order valence-electron chi connectivity index (χ4n) is 1.37. The van der Waals surface area contributed by atoms with Gasteiger partial charge in [0, 0.05) is 25.2 Å². The number of hydrogen-bond acceptors (Lipinski definition) is 6. The second-order valence-electron chi connectivity index (χ2n) is 3.46. The summed E-state index contributed by atoms with van der Waals surface area (Å²) in [6.45, 7) is 0. The third-order valence-electron chi connectivity index (χ3n) is 2.23. The molecule has 98 valence electrons. The number of ether oxygens (including phenoxy) is 1. The number of nitro benzene ring substituents is 1. The maximum atomic E-state index is 13.1. The van der Waals surface area contributed by atoms with Crippen LogP contribution in [0.3, 0.4) is 0 Å². The van der Waals surface area contributed by atoms with Crippen molar-refractivity contribution in [3.05, 3.63) is 46.5 Å². The van der Waals surface area contributed by atoms with Crippen molar-refractivity contribution in [3.63, 3.8) is 0 Å². The van der Waals surface area contributed by atoms with Gasteiger partial charge >= 0.3 is 5.69 Å². The maximum absolute atomic E-state index is 13.1. The van der Waals surface area contributed by atoms with Crippen LogP contribution in [0.2, 0.25) is 0 Å². The molecular weight excluding hydrogens is 255 g/mol. The average Bonchev–Trinajstić information content (AvgIpc) is 2.38. The number of hydrogen-bond donors (Lipinski definition) is 1. The van der Waals surface area contributed by atoms with E-state index in [-0.39, 0.29) is 17.3 Å². The van der Waals surface area contributed by atoms with E-state index in [4.69, 9.17) is 4.74 Å². The molecule has 0 atom stereocenters. The zero-order valence-corrected chi connectivity index (χ0v) is 9.83. The number of nitro groups is 1. The molecule has 1 aromatic heterocycles. The van der Waals surface area contributed by atoms with Crippen LogP contribution in [0.5, 0.6) is 11.6 Å². The molecule has 0 amide bonds. The van der Waals surface area contributed by atoms with Gasteiger partial charge in [0.15, 0.2) is 0 Å². The summed E-state index contributed by atoms with van der Waals surface area (Å²) in [6, 6.07) is 4.39. The van der Waals surface area contributed by atoms with Crippen molar-refractivity contribution in [3.8, 4) is 11.6 Å². The minimum Gasteiger partial charge on any atom is -0.431 e. The van der Waals surface area contributed by atoms with Crippen molar-refractivity contribution in [2.75, 3.05) is 12.4 Å². The van der Waals surface area contributed by atoms with Crippen molar-refractivity contribution in [1.82, 2.24) is 9.97 Å². The van der Waals surface area contributed by atoms with Crippen molar-refractivity contribution in [2.24, 2.45) is 0 Å². The van der Waals surface area contributed by atoms with Crippen LogP contribution < -0.4 is 10.1 Å². The second kappa shape index (κ2) is 5.25. The minimum atomic E-state index is -0.658. The number of aromatic nitrogens is 2. The molecule has 0 aliphatic heterocycles. The molecule has 0 aliphatic carbocycles. The molecule has 7 nitrogen and oxygen atoms in total. The molecule has 8 heteroatoms. The molecule has 0 saturated heterocycles. The van der Waals surface area contributed by atoms with Gasteiger partial charge in [-0.2, -0.15) is 0 Å². The van der Waals surface area contributed by atoms with E-state index in [2.05, 4.69) is 15.3 Å². The molecule has 0 saturated carbocycles. The van der Waals surface area contributed by atoms with Gasteiger partial charge in [-0.25, -0.2) is 14.4 Å². The number of anilines is 1. The van der Waals surface area contributed by atoms with Crippen LogP contribution in [0.15, 0.2) is 30.6 Å². The molecule has 0 bridgehead atoms. The molecule has 1 aromatic carbocycles.